The predicted molar refractivity (Wildman–Crippen MR) is 151 cm³/mol. The quantitative estimate of drug-likeness (QED) is 0.148. The largest absolute Gasteiger partial charge is 0.459 e. The van der Waals surface area contributed by atoms with E-state index in [1.807, 2.05) is 0 Å². The van der Waals surface area contributed by atoms with Crippen LogP contribution in [0.4, 0.5) is 29.2 Å². The van der Waals surface area contributed by atoms with Crippen molar-refractivity contribution >= 4 is 19.9 Å². The minimum Gasteiger partial charge on any atom is -0.459 e. The molecule has 2 aromatic heterocycles. The standard InChI is InChI=1S/C17H23F2N3OSi.C11H9F2N3O/c1-4-24(5-2,6-3)22-16-15(19)11-20-17(21-16)23-12-13-7-9-14(18)10-8-13;12-8-3-1-7(2-4-8)6-17-11-15-5-9(13)10(14)16-11/h7-11H,4-6,12H2,1-3H3,(H,20,21,22);1-5H,6H2,(H2,14,15,16). The van der Waals surface area contributed by atoms with Crippen LogP contribution in [0.2, 0.25) is 18.1 Å². The zero-order valence-electron chi connectivity index (χ0n) is 23.0. The molecule has 0 unspecified atom stereocenters. The van der Waals surface area contributed by atoms with Crippen LogP contribution < -0.4 is 20.2 Å². The summed E-state index contributed by atoms with van der Waals surface area (Å²) in [5.41, 5.74) is 6.79. The predicted octanol–water partition coefficient (Wildman–Crippen LogP) is 6.67. The lowest BCUT2D eigenvalue weighted by Gasteiger charge is -2.29. The molecule has 0 aliphatic carbocycles. The maximum Gasteiger partial charge on any atom is 0.318 e. The topological polar surface area (TPSA) is 108 Å². The van der Waals surface area contributed by atoms with Gasteiger partial charge in [-0.3, -0.25) is 0 Å². The van der Waals surface area contributed by atoms with Crippen LogP contribution in [0, 0.1) is 23.3 Å². The molecular weight excluding hydrogens is 556 g/mol. The first-order valence-electron chi connectivity index (χ1n) is 13.0. The number of benzene rings is 2. The molecule has 4 rings (SSSR count). The van der Waals surface area contributed by atoms with Crippen molar-refractivity contribution in [3.8, 4) is 12.0 Å². The molecule has 2 aromatic carbocycles. The molecule has 0 aliphatic heterocycles. The van der Waals surface area contributed by atoms with E-state index in [0.717, 1.165) is 41.7 Å². The molecule has 0 aliphatic rings. The van der Waals surface area contributed by atoms with Crippen LogP contribution in [-0.4, -0.2) is 28.2 Å². The Hall–Kier alpha value is -4.26. The summed E-state index contributed by atoms with van der Waals surface area (Å²) in [6.07, 6.45) is 2.05. The second kappa shape index (κ2) is 14.9. The van der Waals surface area contributed by atoms with Gasteiger partial charge in [-0.2, -0.15) is 9.97 Å². The minimum absolute atomic E-state index is 0.0202. The van der Waals surface area contributed by atoms with Crippen LogP contribution in [0.5, 0.6) is 12.0 Å². The minimum atomic E-state index is -1.78. The van der Waals surface area contributed by atoms with Crippen molar-refractivity contribution in [2.75, 3.05) is 10.7 Å². The first-order valence-corrected chi connectivity index (χ1v) is 15.6. The summed E-state index contributed by atoms with van der Waals surface area (Å²) in [4.78, 5) is 18.6. The van der Waals surface area contributed by atoms with Crippen molar-refractivity contribution in [3.05, 3.63) is 95.3 Å². The molecule has 0 spiro atoms. The molecule has 0 atom stereocenters. The fourth-order valence-corrected chi connectivity index (χ4v) is 6.37. The molecule has 13 heteroatoms. The molecule has 4 aromatic rings. The monoisotopic (exact) mass is 588 g/mol. The van der Waals surface area contributed by atoms with Gasteiger partial charge in [0.2, 0.25) is 0 Å². The molecule has 0 saturated carbocycles. The Morgan fingerprint density at radius 1 is 0.683 bits per heavy atom. The summed E-state index contributed by atoms with van der Waals surface area (Å²) in [6, 6.07) is 14.8. The molecular formula is C28H32F4N6O2Si. The van der Waals surface area contributed by atoms with Crippen molar-refractivity contribution in [3.63, 3.8) is 0 Å². The van der Waals surface area contributed by atoms with E-state index in [9.17, 15) is 17.6 Å². The first-order chi connectivity index (χ1) is 19.7. The highest BCUT2D eigenvalue weighted by atomic mass is 28.3. The highest BCUT2D eigenvalue weighted by Gasteiger charge is 2.29. The molecule has 0 fully saturated rings. The average molecular weight is 589 g/mol. The Kier molecular flexibility index (Phi) is 11.4. The van der Waals surface area contributed by atoms with Gasteiger partial charge in [0.25, 0.3) is 0 Å². The van der Waals surface area contributed by atoms with E-state index in [4.69, 9.17) is 15.2 Å². The van der Waals surface area contributed by atoms with E-state index >= 15 is 0 Å². The number of hydrogen-bond acceptors (Lipinski definition) is 8. The lowest BCUT2D eigenvalue weighted by Crippen LogP contribution is -2.42. The van der Waals surface area contributed by atoms with E-state index in [-0.39, 0.29) is 48.5 Å². The highest BCUT2D eigenvalue weighted by molar-refractivity contribution is 6.82. The third kappa shape index (κ3) is 9.41. The number of anilines is 2. The molecule has 0 saturated heterocycles. The summed E-state index contributed by atoms with van der Waals surface area (Å²) in [5, 5.41) is 0. The van der Waals surface area contributed by atoms with E-state index in [1.165, 1.54) is 24.3 Å². The second-order valence-corrected chi connectivity index (χ2v) is 14.0. The summed E-state index contributed by atoms with van der Waals surface area (Å²) in [6.45, 7) is 6.72. The van der Waals surface area contributed by atoms with Crippen molar-refractivity contribution in [1.82, 2.24) is 19.9 Å². The molecule has 41 heavy (non-hydrogen) atoms. The number of nitrogens with two attached hydrogens (primary N) is 1. The van der Waals surface area contributed by atoms with Gasteiger partial charge in [-0.15, -0.1) is 0 Å². The lowest BCUT2D eigenvalue weighted by atomic mass is 10.2. The Morgan fingerprint density at radius 3 is 1.56 bits per heavy atom. The third-order valence-electron chi connectivity index (χ3n) is 6.45. The summed E-state index contributed by atoms with van der Waals surface area (Å²) in [5.74, 6) is -1.86. The fraction of sp³-hybridized carbons (Fsp3) is 0.286. The smallest absolute Gasteiger partial charge is 0.318 e. The Morgan fingerprint density at radius 2 is 1.12 bits per heavy atom. The van der Waals surface area contributed by atoms with Gasteiger partial charge in [-0.05, 0) is 53.5 Å². The van der Waals surface area contributed by atoms with E-state index < -0.39 is 19.9 Å². The van der Waals surface area contributed by atoms with Crippen LogP contribution in [0.3, 0.4) is 0 Å². The number of nitrogen functional groups attached to an aromatic ring is 1. The van der Waals surface area contributed by atoms with Gasteiger partial charge in [-0.1, -0.05) is 45.0 Å². The van der Waals surface area contributed by atoms with Gasteiger partial charge in [0, 0.05) is 0 Å². The maximum absolute atomic E-state index is 14.1. The van der Waals surface area contributed by atoms with Crippen molar-refractivity contribution in [2.45, 2.75) is 52.1 Å². The average Bonchev–Trinajstić information content (AvgIpc) is 2.99. The van der Waals surface area contributed by atoms with Crippen molar-refractivity contribution in [1.29, 1.82) is 0 Å². The zero-order chi connectivity index (χ0) is 29.8. The van der Waals surface area contributed by atoms with Crippen LogP contribution in [-0.2, 0) is 13.2 Å². The highest BCUT2D eigenvalue weighted by Crippen LogP contribution is 2.24. The van der Waals surface area contributed by atoms with Crippen LogP contribution in [0.1, 0.15) is 31.9 Å². The van der Waals surface area contributed by atoms with Gasteiger partial charge >= 0.3 is 12.0 Å². The van der Waals surface area contributed by atoms with Gasteiger partial charge in [-0.25, -0.2) is 27.5 Å². The molecule has 0 radical (unpaired) electrons. The Labute approximate surface area is 237 Å². The fourth-order valence-electron chi connectivity index (χ4n) is 3.66. The third-order valence-corrected chi connectivity index (χ3v) is 11.3. The van der Waals surface area contributed by atoms with E-state index in [2.05, 4.69) is 45.7 Å². The normalized spacial score (nSPS) is 10.9. The first kappa shape index (κ1) is 31.3. The molecule has 0 amide bonds. The number of ether oxygens (including phenoxy) is 2. The van der Waals surface area contributed by atoms with E-state index in [0.29, 0.717) is 0 Å². The van der Waals surface area contributed by atoms with Crippen LogP contribution in [0.15, 0.2) is 60.9 Å². The SMILES string of the molecule is CC[Si](CC)(CC)Nc1nc(OCc2ccc(F)cc2)ncc1F.Nc1nc(OCc2ccc(F)cc2)ncc1F. The van der Waals surface area contributed by atoms with Gasteiger partial charge in [0.05, 0.1) is 12.4 Å². The summed E-state index contributed by atoms with van der Waals surface area (Å²) < 4.78 is 63.0. The van der Waals surface area contributed by atoms with Crippen molar-refractivity contribution < 1.29 is 27.0 Å². The number of rotatable bonds is 11. The molecule has 2 heterocycles. The second-order valence-electron chi connectivity index (χ2n) is 9.03. The number of nitrogens with zero attached hydrogens (tertiary/aromatic N) is 4. The molecule has 3 N–H and O–H groups in total. The Balaban J connectivity index is 0.000000239. The molecule has 218 valence electrons. The van der Waals surface area contributed by atoms with Gasteiger partial charge < -0.3 is 20.2 Å². The summed E-state index contributed by atoms with van der Waals surface area (Å²) in [7, 11) is -1.78. The number of aromatic nitrogens is 4. The van der Waals surface area contributed by atoms with E-state index in [1.54, 1.807) is 24.3 Å². The van der Waals surface area contributed by atoms with Crippen molar-refractivity contribution in [2.24, 2.45) is 0 Å². The molecule has 8 nitrogen and oxygen atoms in total. The number of hydrogen-bond donors (Lipinski definition) is 2. The number of halogens is 4. The van der Waals surface area contributed by atoms with Crippen LogP contribution in [0.25, 0.3) is 0 Å². The number of nitrogens with one attached hydrogen (secondary N) is 1. The summed E-state index contributed by atoms with van der Waals surface area (Å²) >= 11 is 0. The van der Waals surface area contributed by atoms with Crippen LogP contribution >= 0.6 is 0 Å². The Bertz CT molecular complexity index is 1390. The zero-order valence-corrected chi connectivity index (χ0v) is 24.0. The van der Waals surface area contributed by atoms with Gasteiger partial charge in [0.1, 0.15) is 24.8 Å². The maximum atomic E-state index is 14.1. The lowest BCUT2D eigenvalue weighted by molar-refractivity contribution is 0.279. The molecule has 0 bridgehead atoms. The van der Waals surface area contributed by atoms with Gasteiger partial charge in [0.15, 0.2) is 31.5 Å².